The van der Waals surface area contributed by atoms with Gasteiger partial charge in [0.2, 0.25) is 0 Å². The van der Waals surface area contributed by atoms with Crippen LogP contribution in [0.25, 0.3) is 0 Å². The normalized spacial score (nSPS) is 15.6. The predicted octanol–water partition coefficient (Wildman–Crippen LogP) is 3.49. The van der Waals surface area contributed by atoms with E-state index in [2.05, 4.69) is 21.5 Å². The number of hydrogen-bond acceptors (Lipinski definition) is 6. The van der Waals surface area contributed by atoms with Gasteiger partial charge in [0.15, 0.2) is 0 Å². The number of esters is 1. The number of ether oxygens (including phenoxy) is 1. The van der Waals surface area contributed by atoms with Crippen molar-refractivity contribution in [3.8, 4) is 0 Å². The van der Waals surface area contributed by atoms with Crippen molar-refractivity contribution in [2.75, 3.05) is 32.1 Å². The van der Waals surface area contributed by atoms with Gasteiger partial charge in [-0.1, -0.05) is 23.8 Å². The lowest BCUT2D eigenvalue weighted by molar-refractivity contribution is -0.384. The van der Waals surface area contributed by atoms with E-state index in [9.17, 15) is 14.9 Å². The molecule has 2 rings (SSSR count). The number of nitro benzene ring substituents is 1. The molecule has 0 aromatic heterocycles. The number of methoxy groups -OCH3 is 1. The van der Waals surface area contributed by atoms with Crippen LogP contribution in [0.5, 0.6) is 0 Å². The topological polar surface area (TPSA) is 84.7 Å². The van der Waals surface area contributed by atoms with Gasteiger partial charge in [0.25, 0.3) is 5.69 Å². The van der Waals surface area contributed by atoms with Crippen molar-refractivity contribution in [1.29, 1.82) is 0 Å². The zero-order valence-corrected chi connectivity index (χ0v) is 15.1. The highest BCUT2D eigenvalue weighted by Crippen LogP contribution is 2.33. The molecule has 0 saturated carbocycles. The molecule has 0 amide bonds. The summed E-state index contributed by atoms with van der Waals surface area (Å²) in [6.07, 6.45) is 1.72. The molecule has 0 radical (unpaired) electrons. The first-order chi connectivity index (χ1) is 11.8. The molecule has 1 aromatic carbocycles. The van der Waals surface area contributed by atoms with Crippen LogP contribution in [0, 0.1) is 10.1 Å². The van der Waals surface area contributed by atoms with E-state index in [1.54, 1.807) is 0 Å². The highest BCUT2D eigenvalue weighted by Gasteiger charge is 2.25. The molecule has 1 aliphatic rings. The second-order valence-electron chi connectivity index (χ2n) is 6.25. The molecule has 1 N–H and O–H groups in total. The van der Waals surface area contributed by atoms with E-state index in [-0.39, 0.29) is 22.3 Å². The van der Waals surface area contributed by atoms with E-state index in [0.29, 0.717) is 5.69 Å². The number of nitrogens with one attached hydrogen (secondary N) is 1. The lowest BCUT2D eigenvalue weighted by atomic mass is 10.0. The van der Waals surface area contributed by atoms with Crippen LogP contribution in [0.4, 0.5) is 11.4 Å². The summed E-state index contributed by atoms with van der Waals surface area (Å²) in [6, 6.07) is 2.69. The number of carbonyl (C=O) groups is 1. The fourth-order valence-electron chi connectivity index (χ4n) is 2.93. The van der Waals surface area contributed by atoms with Crippen LogP contribution >= 0.6 is 11.6 Å². The molecular formula is C17H22ClN3O4. The molecule has 1 aromatic rings. The van der Waals surface area contributed by atoms with Gasteiger partial charge in [0, 0.05) is 31.7 Å². The first-order valence-corrected chi connectivity index (χ1v) is 8.39. The van der Waals surface area contributed by atoms with Crippen molar-refractivity contribution in [2.24, 2.45) is 0 Å². The van der Waals surface area contributed by atoms with Crippen LogP contribution in [0.3, 0.4) is 0 Å². The van der Waals surface area contributed by atoms with Gasteiger partial charge in [-0.3, -0.25) is 15.0 Å². The minimum atomic E-state index is -0.701. The van der Waals surface area contributed by atoms with Gasteiger partial charge in [-0.15, -0.1) is 0 Å². The monoisotopic (exact) mass is 367 g/mol. The van der Waals surface area contributed by atoms with Crippen molar-refractivity contribution in [3.63, 3.8) is 0 Å². The van der Waals surface area contributed by atoms with Crippen LogP contribution in [0.2, 0.25) is 5.02 Å². The number of likely N-dealkylation sites (tertiary alicyclic amines) is 1. The molecule has 0 unspecified atom stereocenters. The van der Waals surface area contributed by atoms with Crippen LogP contribution in [-0.2, 0) is 4.74 Å². The maximum atomic E-state index is 11.7. The van der Waals surface area contributed by atoms with E-state index in [1.807, 2.05) is 6.92 Å². The molecular weight excluding hydrogens is 346 g/mol. The van der Waals surface area contributed by atoms with Gasteiger partial charge in [0.1, 0.15) is 5.69 Å². The molecule has 1 saturated heterocycles. The highest BCUT2D eigenvalue weighted by molar-refractivity contribution is 6.34. The molecule has 0 bridgehead atoms. The van der Waals surface area contributed by atoms with Crippen molar-refractivity contribution in [1.82, 2.24) is 4.90 Å². The number of piperidine rings is 1. The summed E-state index contributed by atoms with van der Waals surface area (Å²) in [5.74, 6) is -0.701. The second-order valence-corrected chi connectivity index (χ2v) is 6.66. The van der Waals surface area contributed by atoms with Gasteiger partial charge in [-0.25, -0.2) is 4.79 Å². The fraction of sp³-hybridized carbons (Fsp3) is 0.471. The zero-order valence-electron chi connectivity index (χ0n) is 14.4. The third kappa shape index (κ3) is 4.93. The molecule has 0 spiro atoms. The van der Waals surface area contributed by atoms with Gasteiger partial charge in [-0.2, -0.15) is 0 Å². The van der Waals surface area contributed by atoms with Crippen LogP contribution in [0.1, 0.15) is 30.1 Å². The highest BCUT2D eigenvalue weighted by atomic mass is 35.5. The summed E-state index contributed by atoms with van der Waals surface area (Å²) in [5.41, 5.74) is 1.24. The van der Waals surface area contributed by atoms with Gasteiger partial charge >= 0.3 is 5.97 Å². The summed E-state index contributed by atoms with van der Waals surface area (Å²) in [5, 5.41) is 14.7. The Morgan fingerprint density at radius 1 is 1.48 bits per heavy atom. The van der Waals surface area contributed by atoms with Crippen LogP contribution in [-0.4, -0.2) is 48.6 Å². The van der Waals surface area contributed by atoms with Crippen molar-refractivity contribution >= 4 is 28.9 Å². The van der Waals surface area contributed by atoms with E-state index in [1.165, 1.54) is 13.2 Å². The third-order valence-electron chi connectivity index (χ3n) is 4.13. The van der Waals surface area contributed by atoms with Crippen LogP contribution in [0.15, 0.2) is 24.3 Å². The number of nitrogens with zero attached hydrogens (tertiary/aromatic N) is 2. The average Bonchev–Trinajstić information content (AvgIpc) is 2.55. The summed E-state index contributed by atoms with van der Waals surface area (Å²) in [7, 11) is 1.20. The van der Waals surface area contributed by atoms with Crippen molar-refractivity contribution in [2.45, 2.75) is 25.8 Å². The lowest BCUT2D eigenvalue weighted by Gasteiger charge is -2.32. The molecule has 0 atom stereocenters. The largest absolute Gasteiger partial charge is 0.465 e. The number of carbonyl (C=O) groups excluding carboxylic acids is 1. The maximum Gasteiger partial charge on any atom is 0.339 e. The average molecular weight is 368 g/mol. The molecule has 7 nitrogen and oxygen atoms in total. The van der Waals surface area contributed by atoms with Crippen molar-refractivity contribution < 1.29 is 14.5 Å². The maximum absolute atomic E-state index is 11.7. The molecule has 0 aliphatic carbocycles. The Morgan fingerprint density at radius 2 is 2.12 bits per heavy atom. The molecule has 25 heavy (non-hydrogen) atoms. The smallest absolute Gasteiger partial charge is 0.339 e. The molecule has 1 fully saturated rings. The second kappa shape index (κ2) is 8.31. The number of nitro groups is 1. The number of anilines is 1. The first-order valence-electron chi connectivity index (χ1n) is 8.01. The lowest BCUT2D eigenvalue weighted by Crippen LogP contribution is -2.39. The number of benzene rings is 1. The van der Waals surface area contributed by atoms with E-state index >= 15 is 0 Å². The zero-order chi connectivity index (χ0) is 18.6. The SMILES string of the molecule is C=C(C)CN1CCC(Nc2cc(Cl)c(C(=O)OC)cc2[N+](=O)[O-])CC1. The Balaban J connectivity index is 2.14. The molecule has 136 valence electrons. The Hall–Kier alpha value is -2.12. The minimum Gasteiger partial charge on any atom is -0.465 e. The van der Waals surface area contributed by atoms with E-state index < -0.39 is 10.9 Å². The summed E-state index contributed by atoms with van der Waals surface area (Å²) in [6.45, 7) is 8.58. The number of halogens is 1. The summed E-state index contributed by atoms with van der Waals surface area (Å²) >= 11 is 6.10. The molecule has 1 heterocycles. The minimum absolute atomic E-state index is 0.0160. The van der Waals surface area contributed by atoms with Gasteiger partial charge < -0.3 is 10.1 Å². The fourth-order valence-corrected chi connectivity index (χ4v) is 3.17. The Bertz CT molecular complexity index is 685. The number of hydrogen-bond donors (Lipinski definition) is 1. The summed E-state index contributed by atoms with van der Waals surface area (Å²) in [4.78, 5) is 24.8. The van der Waals surface area contributed by atoms with Crippen molar-refractivity contribution in [3.05, 3.63) is 45.0 Å². The summed E-state index contributed by atoms with van der Waals surface area (Å²) < 4.78 is 4.61. The first kappa shape index (κ1) is 19.2. The number of rotatable bonds is 6. The predicted molar refractivity (Wildman–Crippen MR) is 97.3 cm³/mol. The Kier molecular flexibility index (Phi) is 6.39. The van der Waals surface area contributed by atoms with Crippen LogP contribution < -0.4 is 5.32 Å². The quantitative estimate of drug-likeness (QED) is 0.358. The molecule has 1 aliphatic heterocycles. The van der Waals surface area contributed by atoms with E-state index in [4.69, 9.17) is 11.6 Å². The Morgan fingerprint density at radius 3 is 2.64 bits per heavy atom. The van der Waals surface area contributed by atoms with Gasteiger partial charge in [0.05, 0.1) is 22.6 Å². The van der Waals surface area contributed by atoms with Gasteiger partial charge in [-0.05, 0) is 25.8 Å². The van der Waals surface area contributed by atoms with E-state index in [0.717, 1.165) is 44.1 Å². The third-order valence-corrected chi connectivity index (χ3v) is 4.44. The Labute approximate surface area is 151 Å². The standard InChI is InChI=1S/C17H22ClN3O4/c1-11(2)10-20-6-4-12(5-7-20)19-15-9-14(18)13(17(22)25-3)8-16(15)21(23)24/h8-9,12,19H,1,4-7,10H2,2-3H3. The molecule has 8 heteroatoms.